The Bertz CT molecular complexity index is 2840. The van der Waals surface area contributed by atoms with Crippen LogP contribution in [0.1, 0.15) is 98.4 Å². The second kappa shape index (κ2) is 21.7. The predicted molar refractivity (Wildman–Crippen MR) is 246 cm³/mol. The van der Waals surface area contributed by atoms with Gasteiger partial charge < -0.3 is 39.1 Å². The molecule has 13 nitrogen and oxygen atoms in total. The average Bonchev–Trinajstić information content (AvgIpc) is 3.95. The molecular formula is C49H46Br4F2N8O5. The van der Waals surface area contributed by atoms with Crippen LogP contribution in [0.3, 0.4) is 0 Å². The Morgan fingerprint density at radius 1 is 0.559 bits per heavy atom. The topological polar surface area (TPSA) is 138 Å². The molecule has 0 saturated carbocycles. The summed E-state index contributed by atoms with van der Waals surface area (Å²) in [7, 11) is 0. The van der Waals surface area contributed by atoms with E-state index in [0.29, 0.717) is 72.0 Å². The lowest BCUT2D eigenvalue weighted by Crippen LogP contribution is -3.00. The summed E-state index contributed by atoms with van der Waals surface area (Å²) in [4.78, 5) is 56.0. The Kier molecular flexibility index (Phi) is 16.2. The Morgan fingerprint density at radius 2 is 0.985 bits per heavy atom. The highest BCUT2D eigenvalue weighted by Crippen LogP contribution is 2.36. The van der Waals surface area contributed by atoms with Gasteiger partial charge in [0.1, 0.15) is 24.7 Å². The van der Waals surface area contributed by atoms with E-state index < -0.39 is 17.2 Å². The fraction of sp³-hybridized carbons (Fsp3) is 0.306. The molecule has 19 heteroatoms. The number of hydrogen-bond acceptors (Lipinski definition) is 7. The molecule has 354 valence electrons. The van der Waals surface area contributed by atoms with E-state index in [1.165, 1.54) is 25.2 Å². The third-order valence-corrected chi connectivity index (χ3v) is 13.9. The molecule has 1 N–H and O–H groups in total. The van der Waals surface area contributed by atoms with Gasteiger partial charge in [-0.1, -0.05) is 87.9 Å². The molecule has 68 heavy (non-hydrogen) atoms. The van der Waals surface area contributed by atoms with Crippen molar-refractivity contribution in [2.24, 2.45) is 0 Å². The number of halogens is 6. The van der Waals surface area contributed by atoms with Crippen LogP contribution in [-0.4, -0.2) is 71.2 Å². The summed E-state index contributed by atoms with van der Waals surface area (Å²) < 4.78 is 37.8. The fourth-order valence-corrected chi connectivity index (χ4v) is 10.1. The number of unbranched alkanes of at least 4 members (excludes halogenated alkanes) is 6. The van der Waals surface area contributed by atoms with E-state index in [4.69, 9.17) is 0 Å². The highest BCUT2D eigenvalue weighted by atomic mass is 79.9. The summed E-state index contributed by atoms with van der Waals surface area (Å²) in [5.41, 5.74) is 0.172. The molecule has 0 atom stereocenters. The minimum Gasteiger partial charge on any atom is -1.00 e. The second-order valence-electron chi connectivity index (χ2n) is 17.0. The second-order valence-corrected chi connectivity index (χ2v) is 18.7. The Balaban J connectivity index is 0.00000342. The van der Waals surface area contributed by atoms with Gasteiger partial charge in [0.15, 0.2) is 5.60 Å². The maximum Gasteiger partial charge on any atom is 0.265 e. The normalized spacial score (nSPS) is 13.4. The van der Waals surface area contributed by atoms with E-state index in [9.17, 15) is 28.7 Å². The first-order valence-corrected chi connectivity index (χ1v) is 23.6. The van der Waals surface area contributed by atoms with Gasteiger partial charge in [0.2, 0.25) is 12.7 Å². The van der Waals surface area contributed by atoms with Gasteiger partial charge in [0, 0.05) is 76.9 Å². The number of carbonyl (C=O) groups is 4. The highest BCUT2D eigenvalue weighted by Gasteiger charge is 2.39. The number of aliphatic hydroxyl groups is 1. The van der Waals surface area contributed by atoms with Crippen LogP contribution in [0.5, 0.6) is 0 Å². The Morgan fingerprint density at radius 3 is 1.43 bits per heavy atom. The van der Waals surface area contributed by atoms with E-state index in [2.05, 4.69) is 42.1 Å². The molecule has 0 fully saturated rings. The molecule has 0 spiro atoms. The van der Waals surface area contributed by atoms with Gasteiger partial charge >= 0.3 is 0 Å². The van der Waals surface area contributed by atoms with Crippen molar-refractivity contribution in [1.29, 1.82) is 0 Å². The maximum atomic E-state index is 15.3. The number of benzene rings is 5. The smallest absolute Gasteiger partial charge is 0.265 e. The van der Waals surface area contributed by atoms with Crippen molar-refractivity contribution < 1.29 is 76.2 Å². The van der Waals surface area contributed by atoms with Crippen LogP contribution in [0, 0.1) is 11.6 Å². The lowest BCUT2D eigenvalue weighted by molar-refractivity contribution is -0.698. The summed E-state index contributed by atoms with van der Waals surface area (Å²) in [6.07, 6.45) is 12.9. The van der Waals surface area contributed by atoms with Crippen LogP contribution < -0.4 is 43.1 Å². The molecule has 9 rings (SSSR count). The van der Waals surface area contributed by atoms with Crippen molar-refractivity contribution >= 4 is 77.0 Å². The van der Waals surface area contributed by atoms with Crippen molar-refractivity contribution in [3.63, 3.8) is 0 Å². The molecule has 4 amide bonds. The first kappa shape index (κ1) is 50.8. The van der Waals surface area contributed by atoms with E-state index >= 15 is 4.39 Å². The summed E-state index contributed by atoms with van der Waals surface area (Å²) in [5.74, 6) is -2.76. The zero-order valence-electron chi connectivity index (χ0n) is 36.6. The summed E-state index contributed by atoms with van der Waals surface area (Å²) in [6, 6.07) is 21.3. The van der Waals surface area contributed by atoms with Crippen molar-refractivity contribution in [3.05, 3.63) is 153 Å². The lowest BCUT2D eigenvalue weighted by Gasteiger charge is -2.27. The van der Waals surface area contributed by atoms with Crippen LogP contribution in [-0.2, 0) is 31.8 Å². The van der Waals surface area contributed by atoms with E-state index in [1.54, 1.807) is 49.6 Å². The number of aryl methyl sites for hydroxylation is 2. The standard InChI is InChI=1S/C49H46Br2F2N8O5.2BrH/c50-40-19-16-37-43-33(40)11-9-13-35(43)45(62)60(47(37)64)23-7-3-1-5-21-56-28-54-58(30-56)26-49(66,39-18-15-32(52)25-42(39)53)27-59-31-57(29-55-59)22-6-2-4-8-24-61-46(63)36-14-10-12-34-41(51)20-17-38(44(34)36)48(61)65;;/h9-20,25,28-31,66H,1-8,21-24,26-27H2;2*1H/q+2;;/p-2. The average molecular weight is 1180 g/mol. The van der Waals surface area contributed by atoms with Gasteiger partial charge in [-0.05, 0) is 78.9 Å². The van der Waals surface area contributed by atoms with Gasteiger partial charge in [-0.2, -0.15) is 0 Å². The Labute approximate surface area is 428 Å². The molecule has 4 heterocycles. The third kappa shape index (κ3) is 10.3. The van der Waals surface area contributed by atoms with Crippen LogP contribution in [0.25, 0.3) is 21.5 Å². The molecule has 7 aromatic rings. The molecule has 0 radical (unpaired) electrons. The minimum absolute atomic E-state index is 0. The maximum absolute atomic E-state index is 15.3. The van der Waals surface area contributed by atoms with E-state index in [1.807, 2.05) is 45.5 Å². The fourth-order valence-electron chi connectivity index (χ4n) is 9.21. The summed E-state index contributed by atoms with van der Waals surface area (Å²) in [6.45, 7) is 1.59. The number of rotatable bonds is 19. The van der Waals surface area contributed by atoms with E-state index in [-0.39, 0.29) is 76.2 Å². The third-order valence-electron chi connectivity index (χ3n) is 12.5. The molecule has 0 bridgehead atoms. The van der Waals surface area contributed by atoms with Crippen LogP contribution >= 0.6 is 31.9 Å². The number of hydrogen-bond donors (Lipinski definition) is 1. The summed E-state index contributed by atoms with van der Waals surface area (Å²) >= 11 is 7.06. The number of nitrogens with zero attached hydrogens (tertiary/aromatic N) is 8. The van der Waals surface area contributed by atoms with Crippen molar-refractivity contribution in [3.8, 4) is 0 Å². The van der Waals surface area contributed by atoms with Gasteiger partial charge in [-0.3, -0.25) is 29.0 Å². The largest absolute Gasteiger partial charge is 1.00 e. The highest BCUT2D eigenvalue weighted by molar-refractivity contribution is 9.11. The zero-order valence-corrected chi connectivity index (χ0v) is 43.0. The lowest BCUT2D eigenvalue weighted by atomic mass is 9.93. The van der Waals surface area contributed by atoms with Crippen LogP contribution in [0.2, 0.25) is 0 Å². The number of carbonyl (C=O) groups excluding carboxylic acids is 4. The molecule has 2 aromatic heterocycles. The number of imide groups is 2. The van der Waals surface area contributed by atoms with Gasteiger partial charge in [-0.25, -0.2) is 17.9 Å². The molecule has 0 saturated heterocycles. The van der Waals surface area contributed by atoms with Crippen LogP contribution in [0.15, 0.2) is 113 Å². The monoisotopic (exact) mass is 1180 g/mol. The van der Waals surface area contributed by atoms with E-state index in [0.717, 1.165) is 70.4 Å². The minimum atomic E-state index is -1.86. The van der Waals surface area contributed by atoms with Gasteiger partial charge in [0.25, 0.3) is 36.3 Å². The zero-order chi connectivity index (χ0) is 46.1. The summed E-state index contributed by atoms with van der Waals surface area (Å²) in [5, 5.41) is 24.1. The first-order chi connectivity index (χ1) is 31.9. The predicted octanol–water partition coefficient (Wildman–Crippen LogP) is 2.07. The SMILES string of the molecule is O=C1c2cccc3c(Br)ccc(c23)C(=O)N1CCCCCC[n+]1cnn(CC(O)(Cn2c[n+](CCCCCCN3C(=O)c4cccc5c(Br)ccc(c45)C3=O)cn2)c2ccc(F)cc2F)c1.[Br-].[Br-]. The molecular weight excluding hydrogens is 1140 g/mol. The van der Waals surface area contributed by atoms with Crippen molar-refractivity contribution in [1.82, 2.24) is 29.4 Å². The number of aromatic nitrogens is 6. The Hall–Kier alpha value is -5.08. The first-order valence-electron chi connectivity index (χ1n) is 22.1. The van der Waals surface area contributed by atoms with Gasteiger partial charge in [0.05, 0.1) is 13.1 Å². The molecule has 2 aliphatic rings. The molecule has 0 unspecified atom stereocenters. The molecule has 0 aliphatic carbocycles. The van der Waals surface area contributed by atoms with Gasteiger partial charge in [-0.15, -0.1) is 9.36 Å². The van der Waals surface area contributed by atoms with Crippen molar-refractivity contribution in [2.45, 2.75) is 83.1 Å². The molecule has 5 aromatic carbocycles. The van der Waals surface area contributed by atoms with Crippen LogP contribution in [0.4, 0.5) is 8.78 Å². The number of amides is 4. The molecule has 2 aliphatic heterocycles. The van der Waals surface area contributed by atoms with Crippen molar-refractivity contribution in [2.75, 3.05) is 13.1 Å². The quantitative estimate of drug-likeness (QED) is 0.0745.